The van der Waals surface area contributed by atoms with Crippen molar-refractivity contribution < 1.29 is 14.6 Å². The van der Waals surface area contributed by atoms with Crippen molar-refractivity contribution in [2.75, 3.05) is 13.7 Å². The predicted molar refractivity (Wildman–Crippen MR) is 57.3 cm³/mol. The van der Waals surface area contributed by atoms with Crippen LogP contribution < -0.4 is 10.1 Å². The van der Waals surface area contributed by atoms with Crippen LogP contribution in [0, 0.1) is 0 Å². The molecule has 0 atom stereocenters. The smallest absolute Gasteiger partial charge is 0.339 e. The Labute approximate surface area is 88.9 Å². The Balaban J connectivity index is 2.94. The Kier molecular flexibility index (Phi) is 4.12. The molecule has 1 aromatic carbocycles. The third-order valence-electron chi connectivity index (χ3n) is 2.07. The van der Waals surface area contributed by atoms with Crippen LogP contribution in [-0.4, -0.2) is 24.7 Å². The maximum absolute atomic E-state index is 10.9. The summed E-state index contributed by atoms with van der Waals surface area (Å²) in [4.78, 5) is 10.9. The molecule has 0 bridgehead atoms. The molecule has 1 rings (SSSR count). The second-order valence-electron chi connectivity index (χ2n) is 3.12. The Morgan fingerprint density at radius 1 is 1.53 bits per heavy atom. The summed E-state index contributed by atoms with van der Waals surface area (Å²) in [5.41, 5.74) is 1.14. The van der Waals surface area contributed by atoms with Crippen LogP contribution in [-0.2, 0) is 6.54 Å². The number of carboxylic acids is 1. The van der Waals surface area contributed by atoms with Gasteiger partial charge in [0.1, 0.15) is 11.3 Å². The highest BCUT2D eigenvalue weighted by molar-refractivity contribution is 5.91. The fourth-order valence-corrected chi connectivity index (χ4v) is 1.30. The summed E-state index contributed by atoms with van der Waals surface area (Å²) < 4.78 is 4.96. The summed E-state index contributed by atoms with van der Waals surface area (Å²) >= 11 is 0. The first-order valence-corrected chi connectivity index (χ1v) is 4.80. The molecular formula is C11H15NO3. The first kappa shape index (κ1) is 11.5. The lowest BCUT2D eigenvalue weighted by Crippen LogP contribution is -2.12. The standard InChI is InChI=1S/C11H15NO3/c1-3-12-7-8-4-5-10(15-2)9(6-8)11(13)14/h4-6,12H,3,7H2,1-2H3,(H,13,14). The van der Waals surface area contributed by atoms with Crippen molar-refractivity contribution in [3.05, 3.63) is 29.3 Å². The van der Waals surface area contributed by atoms with Gasteiger partial charge in [-0.2, -0.15) is 0 Å². The first-order valence-electron chi connectivity index (χ1n) is 4.80. The normalized spacial score (nSPS) is 10.0. The van der Waals surface area contributed by atoms with E-state index in [4.69, 9.17) is 9.84 Å². The lowest BCUT2D eigenvalue weighted by Gasteiger charge is -2.07. The molecule has 0 aliphatic rings. The van der Waals surface area contributed by atoms with Crippen LogP contribution in [0.1, 0.15) is 22.8 Å². The number of rotatable bonds is 5. The van der Waals surface area contributed by atoms with Crippen molar-refractivity contribution in [1.82, 2.24) is 5.32 Å². The van der Waals surface area contributed by atoms with Crippen LogP contribution in [0.3, 0.4) is 0 Å². The summed E-state index contributed by atoms with van der Waals surface area (Å²) in [5, 5.41) is 12.1. The molecule has 0 saturated heterocycles. The number of nitrogens with one attached hydrogen (secondary N) is 1. The van der Waals surface area contributed by atoms with Crippen molar-refractivity contribution in [3.63, 3.8) is 0 Å². The molecule has 15 heavy (non-hydrogen) atoms. The Morgan fingerprint density at radius 3 is 2.80 bits per heavy atom. The van der Waals surface area contributed by atoms with Gasteiger partial charge in [0.05, 0.1) is 7.11 Å². The van der Waals surface area contributed by atoms with Gasteiger partial charge in [-0.3, -0.25) is 0 Å². The van der Waals surface area contributed by atoms with Crippen LogP contribution in [0.15, 0.2) is 18.2 Å². The topological polar surface area (TPSA) is 58.6 Å². The van der Waals surface area contributed by atoms with Crippen molar-refractivity contribution in [2.45, 2.75) is 13.5 Å². The highest BCUT2D eigenvalue weighted by Crippen LogP contribution is 2.19. The first-order chi connectivity index (χ1) is 7.19. The van der Waals surface area contributed by atoms with Crippen molar-refractivity contribution >= 4 is 5.97 Å². The van der Waals surface area contributed by atoms with Crippen LogP contribution >= 0.6 is 0 Å². The lowest BCUT2D eigenvalue weighted by atomic mass is 10.1. The van der Waals surface area contributed by atoms with Gasteiger partial charge in [0.2, 0.25) is 0 Å². The van der Waals surface area contributed by atoms with Crippen molar-refractivity contribution in [2.24, 2.45) is 0 Å². The maximum Gasteiger partial charge on any atom is 0.339 e. The average Bonchev–Trinajstić information content (AvgIpc) is 2.25. The third kappa shape index (κ3) is 2.95. The van der Waals surface area contributed by atoms with Crippen LogP contribution in [0.2, 0.25) is 0 Å². The summed E-state index contributed by atoms with van der Waals surface area (Å²) in [6.45, 7) is 3.52. The number of ether oxygens (including phenoxy) is 1. The molecule has 0 saturated carbocycles. The van der Waals surface area contributed by atoms with E-state index < -0.39 is 5.97 Å². The van der Waals surface area contributed by atoms with Gasteiger partial charge in [-0.05, 0) is 24.2 Å². The van der Waals surface area contributed by atoms with Gasteiger partial charge in [0, 0.05) is 6.54 Å². The summed E-state index contributed by atoms with van der Waals surface area (Å²) in [6, 6.07) is 5.16. The van der Waals surface area contributed by atoms with E-state index in [-0.39, 0.29) is 5.56 Å². The number of carbonyl (C=O) groups is 1. The van der Waals surface area contributed by atoms with E-state index in [0.717, 1.165) is 12.1 Å². The Bertz CT molecular complexity index is 350. The zero-order valence-electron chi connectivity index (χ0n) is 8.91. The quantitative estimate of drug-likeness (QED) is 0.771. The van der Waals surface area contributed by atoms with E-state index >= 15 is 0 Å². The molecule has 4 nitrogen and oxygen atoms in total. The number of hydrogen-bond acceptors (Lipinski definition) is 3. The Hall–Kier alpha value is -1.55. The minimum absolute atomic E-state index is 0.202. The monoisotopic (exact) mass is 209 g/mol. The summed E-state index contributed by atoms with van der Waals surface area (Å²) in [6.07, 6.45) is 0. The van der Waals surface area contributed by atoms with Gasteiger partial charge in [-0.25, -0.2) is 4.79 Å². The molecule has 2 N–H and O–H groups in total. The zero-order chi connectivity index (χ0) is 11.3. The second-order valence-corrected chi connectivity index (χ2v) is 3.12. The van der Waals surface area contributed by atoms with E-state index in [1.807, 2.05) is 13.0 Å². The highest BCUT2D eigenvalue weighted by Gasteiger charge is 2.10. The van der Waals surface area contributed by atoms with E-state index in [1.54, 1.807) is 12.1 Å². The molecule has 0 heterocycles. The Morgan fingerprint density at radius 2 is 2.27 bits per heavy atom. The van der Waals surface area contributed by atoms with E-state index in [2.05, 4.69) is 5.32 Å². The average molecular weight is 209 g/mol. The number of benzene rings is 1. The summed E-state index contributed by atoms with van der Waals surface area (Å²) in [7, 11) is 1.46. The molecule has 0 unspecified atom stereocenters. The SMILES string of the molecule is CCNCc1ccc(OC)c(C(=O)O)c1. The minimum Gasteiger partial charge on any atom is -0.496 e. The molecule has 0 amide bonds. The second kappa shape index (κ2) is 5.36. The fourth-order valence-electron chi connectivity index (χ4n) is 1.30. The van der Waals surface area contributed by atoms with Crippen molar-refractivity contribution in [1.29, 1.82) is 0 Å². The van der Waals surface area contributed by atoms with E-state index in [1.165, 1.54) is 7.11 Å². The predicted octanol–water partition coefficient (Wildman–Crippen LogP) is 1.50. The number of carboxylic acid groups (broad SMARTS) is 1. The summed E-state index contributed by atoms with van der Waals surface area (Å²) in [5.74, 6) is -0.576. The number of methoxy groups -OCH3 is 1. The molecule has 0 aromatic heterocycles. The van der Waals surface area contributed by atoms with E-state index in [0.29, 0.717) is 12.3 Å². The maximum atomic E-state index is 10.9. The molecule has 4 heteroatoms. The van der Waals surface area contributed by atoms with Crippen LogP contribution in [0.4, 0.5) is 0 Å². The zero-order valence-corrected chi connectivity index (χ0v) is 8.91. The largest absolute Gasteiger partial charge is 0.496 e. The van der Waals surface area contributed by atoms with Gasteiger partial charge in [0.15, 0.2) is 0 Å². The highest BCUT2D eigenvalue weighted by atomic mass is 16.5. The van der Waals surface area contributed by atoms with Gasteiger partial charge < -0.3 is 15.2 Å². The molecule has 0 spiro atoms. The van der Waals surface area contributed by atoms with Crippen LogP contribution in [0.5, 0.6) is 5.75 Å². The molecule has 82 valence electrons. The molecule has 0 radical (unpaired) electrons. The third-order valence-corrected chi connectivity index (χ3v) is 2.07. The molecule has 1 aromatic rings. The minimum atomic E-state index is -0.967. The van der Waals surface area contributed by atoms with Crippen LogP contribution in [0.25, 0.3) is 0 Å². The fraction of sp³-hybridized carbons (Fsp3) is 0.364. The van der Waals surface area contributed by atoms with Gasteiger partial charge in [-0.1, -0.05) is 13.0 Å². The molecule has 0 fully saturated rings. The number of hydrogen-bond donors (Lipinski definition) is 2. The molecule has 0 aliphatic heterocycles. The van der Waals surface area contributed by atoms with Gasteiger partial charge >= 0.3 is 5.97 Å². The van der Waals surface area contributed by atoms with Gasteiger partial charge in [-0.15, -0.1) is 0 Å². The van der Waals surface area contributed by atoms with E-state index in [9.17, 15) is 4.79 Å². The van der Waals surface area contributed by atoms with Gasteiger partial charge in [0.25, 0.3) is 0 Å². The lowest BCUT2D eigenvalue weighted by molar-refractivity contribution is 0.0693. The van der Waals surface area contributed by atoms with Crippen molar-refractivity contribution in [3.8, 4) is 5.75 Å². The number of aromatic carboxylic acids is 1. The molecule has 0 aliphatic carbocycles. The molecular weight excluding hydrogens is 194 g/mol.